The molecule has 94 valence electrons. The molecule has 16 heavy (non-hydrogen) atoms. The van der Waals surface area contributed by atoms with Crippen LogP contribution < -0.4 is 0 Å². The molecule has 3 heteroatoms. The minimum absolute atomic E-state index is 0.422. The summed E-state index contributed by atoms with van der Waals surface area (Å²) >= 11 is 0. The number of hydrogen-bond acceptors (Lipinski definition) is 3. The van der Waals surface area contributed by atoms with E-state index in [1.807, 2.05) is 0 Å². The van der Waals surface area contributed by atoms with Gasteiger partial charge >= 0.3 is 0 Å². The Morgan fingerprint density at radius 1 is 1.19 bits per heavy atom. The summed E-state index contributed by atoms with van der Waals surface area (Å²) in [6.07, 6.45) is 7.48. The molecular formula is C13H24O3. The van der Waals surface area contributed by atoms with Crippen LogP contribution in [-0.4, -0.2) is 32.2 Å². The summed E-state index contributed by atoms with van der Waals surface area (Å²) in [5.74, 6) is 0.113. The highest BCUT2D eigenvalue weighted by atomic mass is 16.7. The Hall–Kier alpha value is -0.120. The van der Waals surface area contributed by atoms with Crippen molar-refractivity contribution < 1.29 is 14.2 Å². The summed E-state index contributed by atoms with van der Waals surface area (Å²) in [6, 6.07) is 0. The molecule has 1 aliphatic heterocycles. The zero-order chi connectivity index (χ0) is 11.3. The average molecular weight is 228 g/mol. The molecule has 0 bridgehead atoms. The minimum atomic E-state index is -0.422. The van der Waals surface area contributed by atoms with E-state index in [1.165, 1.54) is 32.1 Å². The van der Waals surface area contributed by atoms with E-state index in [1.54, 1.807) is 0 Å². The topological polar surface area (TPSA) is 27.7 Å². The Balaban J connectivity index is 1.99. The van der Waals surface area contributed by atoms with Crippen LogP contribution in [-0.2, 0) is 14.2 Å². The highest BCUT2D eigenvalue weighted by Gasteiger charge is 2.43. The standard InChI is InChI=1S/C13H24O3/c1-2-8-15-13(11-14-9-10-16-13)12-6-4-3-5-7-12/h12H,2-11H2,1H3. The molecule has 0 aromatic rings. The fourth-order valence-corrected chi connectivity index (χ4v) is 2.78. The predicted octanol–water partition coefficient (Wildman–Crippen LogP) is 2.74. The number of hydrogen-bond donors (Lipinski definition) is 0. The van der Waals surface area contributed by atoms with Gasteiger partial charge in [-0.2, -0.15) is 0 Å². The maximum Gasteiger partial charge on any atom is 0.194 e. The lowest BCUT2D eigenvalue weighted by atomic mass is 9.83. The van der Waals surface area contributed by atoms with Crippen molar-refractivity contribution in [3.63, 3.8) is 0 Å². The van der Waals surface area contributed by atoms with Crippen LogP contribution >= 0.6 is 0 Å². The average Bonchev–Trinajstić information content (AvgIpc) is 2.38. The van der Waals surface area contributed by atoms with Gasteiger partial charge in [-0.1, -0.05) is 26.2 Å². The first-order valence-electron chi connectivity index (χ1n) is 6.73. The molecule has 1 saturated heterocycles. The molecule has 1 atom stereocenters. The lowest BCUT2D eigenvalue weighted by Gasteiger charge is -2.44. The maximum absolute atomic E-state index is 6.01. The molecule has 2 rings (SSSR count). The first kappa shape index (κ1) is 12.3. The highest BCUT2D eigenvalue weighted by molar-refractivity contribution is 4.84. The van der Waals surface area contributed by atoms with Crippen molar-refractivity contribution in [2.45, 2.75) is 51.2 Å². The van der Waals surface area contributed by atoms with Crippen LogP contribution in [0.15, 0.2) is 0 Å². The van der Waals surface area contributed by atoms with E-state index in [0.717, 1.165) is 13.0 Å². The Morgan fingerprint density at radius 3 is 2.62 bits per heavy atom. The van der Waals surface area contributed by atoms with Gasteiger partial charge in [0.15, 0.2) is 5.79 Å². The molecule has 0 aromatic carbocycles. The van der Waals surface area contributed by atoms with Gasteiger partial charge in [0.05, 0.1) is 13.2 Å². The summed E-state index contributed by atoms with van der Waals surface area (Å²) in [5.41, 5.74) is 0. The molecule has 1 aliphatic carbocycles. The summed E-state index contributed by atoms with van der Waals surface area (Å²) in [5, 5.41) is 0. The lowest BCUT2D eigenvalue weighted by Crippen LogP contribution is -2.52. The molecular weight excluding hydrogens is 204 g/mol. The van der Waals surface area contributed by atoms with Gasteiger partial charge in [0.25, 0.3) is 0 Å². The molecule has 3 nitrogen and oxygen atoms in total. The fraction of sp³-hybridized carbons (Fsp3) is 1.00. The van der Waals surface area contributed by atoms with Crippen LogP contribution in [0.3, 0.4) is 0 Å². The van der Waals surface area contributed by atoms with Crippen LogP contribution in [0.1, 0.15) is 45.4 Å². The van der Waals surface area contributed by atoms with Crippen LogP contribution in [0.25, 0.3) is 0 Å². The van der Waals surface area contributed by atoms with Gasteiger partial charge in [0.1, 0.15) is 6.61 Å². The van der Waals surface area contributed by atoms with E-state index in [2.05, 4.69) is 6.92 Å². The van der Waals surface area contributed by atoms with Crippen molar-refractivity contribution in [2.24, 2.45) is 5.92 Å². The highest BCUT2D eigenvalue weighted by Crippen LogP contribution is 2.37. The van der Waals surface area contributed by atoms with Crippen molar-refractivity contribution in [1.82, 2.24) is 0 Å². The van der Waals surface area contributed by atoms with Gasteiger partial charge in [-0.25, -0.2) is 0 Å². The molecule has 1 heterocycles. The quantitative estimate of drug-likeness (QED) is 0.740. The van der Waals surface area contributed by atoms with Crippen LogP contribution in [0.5, 0.6) is 0 Å². The van der Waals surface area contributed by atoms with E-state index in [-0.39, 0.29) is 0 Å². The van der Waals surface area contributed by atoms with E-state index >= 15 is 0 Å². The smallest absolute Gasteiger partial charge is 0.194 e. The van der Waals surface area contributed by atoms with Gasteiger partial charge < -0.3 is 14.2 Å². The number of rotatable bonds is 4. The second-order valence-corrected chi connectivity index (χ2v) is 4.90. The Labute approximate surface area is 98.4 Å². The van der Waals surface area contributed by atoms with Crippen LogP contribution in [0.2, 0.25) is 0 Å². The monoisotopic (exact) mass is 228 g/mol. The van der Waals surface area contributed by atoms with Crippen molar-refractivity contribution in [3.05, 3.63) is 0 Å². The molecule has 0 spiro atoms. The van der Waals surface area contributed by atoms with Crippen molar-refractivity contribution in [3.8, 4) is 0 Å². The van der Waals surface area contributed by atoms with E-state index in [0.29, 0.717) is 25.7 Å². The summed E-state index contributed by atoms with van der Waals surface area (Å²) in [6.45, 7) is 4.93. The Kier molecular flexibility index (Phi) is 4.62. The van der Waals surface area contributed by atoms with Crippen molar-refractivity contribution in [1.29, 1.82) is 0 Å². The SMILES string of the molecule is CCCOC1(C2CCCCC2)COCCO1. The fourth-order valence-electron chi connectivity index (χ4n) is 2.78. The predicted molar refractivity (Wildman–Crippen MR) is 62.3 cm³/mol. The third-order valence-electron chi connectivity index (χ3n) is 3.65. The van der Waals surface area contributed by atoms with E-state index < -0.39 is 5.79 Å². The summed E-state index contributed by atoms with van der Waals surface area (Å²) in [4.78, 5) is 0. The second kappa shape index (κ2) is 5.99. The van der Waals surface area contributed by atoms with E-state index in [9.17, 15) is 0 Å². The van der Waals surface area contributed by atoms with Gasteiger partial charge in [-0.05, 0) is 19.3 Å². The van der Waals surface area contributed by atoms with Crippen LogP contribution in [0, 0.1) is 5.92 Å². The first-order chi connectivity index (χ1) is 7.87. The van der Waals surface area contributed by atoms with Gasteiger partial charge in [0, 0.05) is 12.5 Å². The van der Waals surface area contributed by atoms with Gasteiger partial charge in [0.2, 0.25) is 0 Å². The zero-order valence-electron chi connectivity index (χ0n) is 10.4. The molecule has 0 N–H and O–H groups in total. The third-order valence-corrected chi connectivity index (χ3v) is 3.65. The van der Waals surface area contributed by atoms with E-state index in [4.69, 9.17) is 14.2 Å². The largest absolute Gasteiger partial charge is 0.373 e. The van der Waals surface area contributed by atoms with Gasteiger partial charge in [-0.15, -0.1) is 0 Å². The molecule has 0 amide bonds. The molecule has 2 aliphatic rings. The van der Waals surface area contributed by atoms with Crippen molar-refractivity contribution >= 4 is 0 Å². The Morgan fingerprint density at radius 2 is 2.00 bits per heavy atom. The summed E-state index contributed by atoms with van der Waals surface area (Å²) in [7, 11) is 0. The second-order valence-electron chi connectivity index (χ2n) is 4.90. The number of ether oxygens (including phenoxy) is 3. The minimum Gasteiger partial charge on any atom is -0.373 e. The summed E-state index contributed by atoms with van der Waals surface area (Å²) < 4.78 is 17.6. The first-order valence-corrected chi connectivity index (χ1v) is 6.73. The molecule has 1 unspecified atom stereocenters. The lowest BCUT2D eigenvalue weighted by molar-refractivity contribution is -0.320. The third kappa shape index (κ3) is 2.76. The molecule has 2 fully saturated rings. The normalized spacial score (nSPS) is 32.8. The van der Waals surface area contributed by atoms with Crippen LogP contribution in [0.4, 0.5) is 0 Å². The van der Waals surface area contributed by atoms with Gasteiger partial charge in [-0.3, -0.25) is 0 Å². The Bertz CT molecular complexity index is 193. The molecule has 0 aromatic heterocycles. The molecule has 0 radical (unpaired) electrons. The molecule has 1 saturated carbocycles. The van der Waals surface area contributed by atoms with Crippen molar-refractivity contribution in [2.75, 3.05) is 26.4 Å². The maximum atomic E-state index is 6.01. The zero-order valence-corrected chi connectivity index (χ0v) is 10.4.